The van der Waals surface area contributed by atoms with Crippen LogP contribution in [0.2, 0.25) is 0 Å². The lowest BCUT2D eigenvalue weighted by Gasteiger charge is -2.33. The van der Waals surface area contributed by atoms with Gasteiger partial charge in [-0.25, -0.2) is 8.42 Å². The number of likely N-dealkylation sites (tertiary alicyclic amines) is 1. The topological polar surface area (TPSA) is 149 Å². The molecule has 1 aliphatic rings. The average Bonchev–Trinajstić information content (AvgIpc) is 2.84. The van der Waals surface area contributed by atoms with Crippen molar-refractivity contribution in [3.8, 4) is 5.75 Å². The monoisotopic (exact) mass is 491 g/mol. The normalized spacial score (nSPS) is 15.8. The summed E-state index contributed by atoms with van der Waals surface area (Å²) in [6.07, 6.45) is 2.24. The highest BCUT2D eigenvalue weighted by Crippen LogP contribution is 2.24. The summed E-state index contributed by atoms with van der Waals surface area (Å²) in [4.78, 5) is 19.0. The Balaban J connectivity index is 1.81. The van der Waals surface area contributed by atoms with Gasteiger partial charge in [0.25, 0.3) is 0 Å². The van der Waals surface area contributed by atoms with Gasteiger partial charge in [-0.2, -0.15) is 4.72 Å². The van der Waals surface area contributed by atoms with Crippen LogP contribution < -0.4 is 20.9 Å². The van der Waals surface area contributed by atoms with Gasteiger partial charge >= 0.3 is 0 Å². The molecule has 1 amide bonds. The smallest absolute Gasteiger partial charge is 0.241 e. The Morgan fingerprint density at radius 3 is 2.50 bits per heavy atom. The van der Waals surface area contributed by atoms with E-state index in [0.29, 0.717) is 44.6 Å². The van der Waals surface area contributed by atoms with E-state index < -0.39 is 16.1 Å². The third-order valence-electron chi connectivity index (χ3n) is 5.96. The van der Waals surface area contributed by atoms with Crippen LogP contribution in [0.1, 0.15) is 25.7 Å². The highest BCUT2D eigenvalue weighted by atomic mass is 32.2. The quantitative estimate of drug-likeness (QED) is 0.257. The van der Waals surface area contributed by atoms with Gasteiger partial charge in [-0.15, -0.1) is 0 Å². The van der Waals surface area contributed by atoms with Crippen LogP contribution in [0.5, 0.6) is 5.75 Å². The van der Waals surface area contributed by atoms with Crippen LogP contribution in [0, 0.1) is 0 Å². The molecule has 0 bridgehead atoms. The summed E-state index contributed by atoms with van der Waals surface area (Å²) in [7, 11) is -0.764. The lowest BCUT2D eigenvalue weighted by molar-refractivity contribution is -0.135. The van der Waals surface area contributed by atoms with Gasteiger partial charge in [0.1, 0.15) is 11.8 Å². The number of amides is 1. The Morgan fingerprint density at radius 1 is 1.15 bits per heavy atom. The Morgan fingerprint density at radius 2 is 1.85 bits per heavy atom. The molecule has 0 saturated carbocycles. The molecular weight excluding hydrogens is 458 g/mol. The Kier molecular flexibility index (Phi) is 8.70. The molecule has 1 aliphatic heterocycles. The number of hydrogen-bond acceptors (Lipinski definition) is 6. The van der Waals surface area contributed by atoms with E-state index in [9.17, 15) is 13.2 Å². The minimum absolute atomic E-state index is 0.0447. The van der Waals surface area contributed by atoms with Crippen molar-refractivity contribution in [2.75, 3.05) is 33.9 Å². The SMILES string of the molecule is COc1ccc2ccc(S(=O)(=O)N[C@@H](CCCN=C(N)N)C(=O)N3CCC(OC)CC3)cc2c1. The van der Waals surface area contributed by atoms with Crippen LogP contribution in [0.4, 0.5) is 0 Å². The zero-order chi connectivity index (χ0) is 24.7. The van der Waals surface area contributed by atoms with E-state index in [0.717, 1.165) is 10.8 Å². The number of rotatable bonds is 10. The molecule has 34 heavy (non-hydrogen) atoms. The molecule has 11 heteroatoms. The molecule has 0 spiro atoms. The Hall–Kier alpha value is -2.89. The fourth-order valence-corrected chi connectivity index (χ4v) is 5.28. The molecule has 1 fully saturated rings. The number of ether oxygens (including phenoxy) is 2. The highest BCUT2D eigenvalue weighted by molar-refractivity contribution is 7.89. The summed E-state index contributed by atoms with van der Waals surface area (Å²) in [5.41, 5.74) is 10.8. The van der Waals surface area contributed by atoms with E-state index >= 15 is 0 Å². The van der Waals surface area contributed by atoms with Crippen molar-refractivity contribution in [1.82, 2.24) is 9.62 Å². The van der Waals surface area contributed by atoms with Crippen molar-refractivity contribution in [2.45, 2.75) is 42.7 Å². The average molecular weight is 492 g/mol. The third-order valence-corrected chi connectivity index (χ3v) is 7.43. The number of carbonyl (C=O) groups excluding carboxylic acids is 1. The molecule has 1 atom stereocenters. The van der Waals surface area contributed by atoms with Crippen LogP contribution in [-0.4, -0.2) is 71.2 Å². The van der Waals surface area contributed by atoms with Crippen molar-refractivity contribution in [3.63, 3.8) is 0 Å². The van der Waals surface area contributed by atoms with Gasteiger partial charge in [0.05, 0.1) is 18.1 Å². The first-order valence-corrected chi connectivity index (χ1v) is 12.7. The zero-order valence-electron chi connectivity index (χ0n) is 19.6. The number of nitrogens with zero attached hydrogens (tertiary/aromatic N) is 2. The van der Waals surface area contributed by atoms with Crippen LogP contribution in [0.25, 0.3) is 10.8 Å². The largest absolute Gasteiger partial charge is 0.497 e. The van der Waals surface area contributed by atoms with Gasteiger partial charge in [-0.05, 0) is 60.7 Å². The maximum absolute atomic E-state index is 13.3. The number of benzene rings is 2. The molecule has 0 aliphatic carbocycles. The van der Waals surface area contributed by atoms with Crippen molar-refractivity contribution < 1.29 is 22.7 Å². The standard InChI is InChI=1S/C23H33N5O5S/c1-32-18-9-12-28(13-10-18)22(29)21(4-3-11-26-23(24)25)27-34(30,31)20-8-6-16-5-7-19(33-2)14-17(16)15-20/h5-8,14-15,18,21,27H,3-4,9-13H2,1-2H3,(H4,24,25,26)/t21-/m0/s1. The van der Waals surface area contributed by atoms with Gasteiger partial charge in [0.2, 0.25) is 15.9 Å². The number of nitrogens with two attached hydrogens (primary N) is 2. The number of guanidine groups is 1. The van der Waals surface area contributed by atoms with Gasteiger partial charge in [0.15, 0.2) is 5.96 Å². The van der Waals surface area contributed by atoms with Crippen molar-refractivity contribution in [3.05, 3.63) is 36.4 Å². The molecule has 5 N–H and O–H groups in total. The summed E-state index contributed by atoms with van der Waals surface area (Å²) in [6, 6.07) is 9.34. The number of nitrogens with one attached hydrogen (secondary N) is 1. The molecule has 1 heterocycles. The summed E-state index contributed by atoms with van der Waals surface area (Å²) < 4.78 is 39.8. The van der Waals surface area contributed by atoms with E-state index in [1.54, 1.807) is 37.3 Å². The first-order valence-electron chi connectivity index (χ1n) is 11.2. The number of methoxy groups -OCH3 is 2. The molecule has 0 radical (unpaired) electrons. The Bertz CT molecular complexity index is 1130. The maximum Gasteiger partial charge on any atom is 0.241 e. The lowest BCUT2D eigenvalue weighted by Crippen LogP contribution is -2.51. The molecule has 10 nitrogen and oxygen atoms in total. The van der Waals surface area contributed by atoms with Crippen LogP contribution in [0.15, 0.2) is 46.3 Å². The van der Waals surface area contributed by atoms with E-state index in [2.05, 4.69) is 9.71 Å². The summed E-state index contributed by atoms with van der Waals surface area (Å²) in [6.45, 7) is 1.33. The summed E-state index contributed by atoms with van der Waals surface area (Å²) in [5, 5.41) is 1.60. The molecule has 0 unspecified atom stereocenters. The van der Waals surface area contributed by atoms with Gasteiger partial charge in [-0.3, -0.25) is 9.79 Å². The van der Waals surface area contributed by atoms with E-state index in [1.165, 1.54) is 6.07 Å². The number of aliphatic imine (C=N–C) groups is 1. The molecule has 1 saturated heterocycles. The van der Waals surface area contributed by atoms with Gasteiger partial charge < -0.3 is 25.8 Å². The number of carbonyl (C=O) groups is 1. The fourth-order valence-electron chi connectivity index (χ4n) is 4.02. The van der Waals surface area contributed by atoms with Gasteiger partial charge in [0, 0.05) is 26.7 Å². The van der Waals surface area contributed by atoms with Crippen molar-refractivity contribution in [2.24, 2.45) is 16.5 Å². The fraction of sp³-hybridized carbons (Fsp3) is 0.478. The van der Waals surface area contributed by atoms with Crippen LogP contribution in [0.3, 0.4) is 0 Å². The minimum Gasteiger partial charge on any atom is -0.497 e. The predicted molar refractivity (Wildman–Crippen MR) is 131 cm³/mol. The first-order chi connectivity index (χ1) is 16.2. The van der Waals surface area contributed by atoms with Gasteiger partial charge in [-0.1, -0.05) is 12.1 Å². The number of hydrogen-bond donors (Lipinski definition) is 3. The van der Waals surface area contributed by atoms with E-state index in [4.69, 9.17) is 20.9 Å². The first kappa shape index (κ1) is 25.7. The van der Waals surface area contributed by atoms with Crippen molar-refractivity contribution >= 4 is 32.7 Å². The van der Waals surface area contributed by atoms with Crippen molar-refractivity contribution in [1.29, 1.82) is 0 Å². The molecule has 0 aromatic heterocycles. The molecule has 2 aromatic rings. The number of sulfonamides is 1. The van der Waals surface area contributed by atoms with E-state index in [1.807, 2.05) is 12.1 Å². The molecule has 3 rings (SSSR count). The summed E-state index contributed by atoms with van der Waals surface area (Å²) in [5.74, 6) is 0.323. The lowest BCUT2D eigenvalue weighted by atomic mass is 10.1. The maximum atomic E-state index is 13.3. The molecule has 2 aromatic carbocycles. The Labute approximate surface area is 200 Å². The predicted octanol–water partition coefficient (Wildman–Crippen LogP) is 1.19. The minimum atomic E-state index is -3.97. The highest BCUT2D eigenvalue weighted by Gasteiger charge is 2.31. The zero-order valence-corrected chi connectivity index (χ0v) is 20.4. The molecule has 186 valence electrons. The summed E-state index contributed by atoms with van der Waals surface area (Å²) >= 11 is 0. The second-order valence-electron chi connectivity index (χ2n) is 8.26. The second-order valence-corrected chi connectivity index (χ2v) is 9.97. The molecular formula is C23H33N5O5S. The van der Waals surface area contributed by atoms with E-state index in [-0.39, 0.29) is 29.3 Å². The van der Waals surface area contributed by atoms with Crippen LogP contribution in [-0.2, 0) is 19.6 Å². The van der Waals surface area contributed by atoms with Crippen LogP contribution >= 0.6 is 0 Å². The second kappa shape index (κ2) is 11.5. The number of piperidine rings is 1. The number of fused-ring (bicyclic) bond motifs is 1. The third kappa shape index (κ3) is 6.58.